The van der Waals surface area contributed by atoms with Crippen LogP contribution in [0.2, 0.25) is 5.02 Å². The number of nitrogens with two attached hydrogens (primary N) is 1. The minimum atomic E-state index is -0.485. The lowest BCUT2D eigenvalue weighted by atomic mass is 10.2. The summed E-state index contributed by atoms with van der Waals surface area (Å²) in [6, 6.07) is 4.30. The maximum Gasteiger partial charge on any atom is 0.143 e. The third-order valence-corrected chi connectivity index (χ3v) is 2.81. The molecular formula is C11H12ClFN4. The third kappa shape index (κ3) is 2.45. The van der Waals surface area contributed by atoms with E-state index in [9.17, 15) is 4.39 Å². The van der Waals surface area contributed by atoms with Crippen molar-refractivity contribution < 1.29 is 4.39 Å². The van der Waals surface area contributed by atoms with Crippen molar-refractivity contribution in [3.05, 3.63) is 40.9 Å². The summed E-state index contributed by atoms with van der Waals surface area (Å²) in [6.07, 6.45) is 2.46. The van der Waals surface area contributed by atoms with Crippen LogP contribution in [0.3, 0.4) is 0 Å². The highest BCUT2D eigenvalue weighted by Gasteiger charge is 2.10. The number of aromatic nitrogens is 3. The number of rotatable bonds is 3. The predicted molar refractivity (Wildman–Crippen MR) is 63.5 cm³/mol. The van der Waals surface area contributed by atoms with Gasteiger partial charge in [-0.05, 0) is 18.6 Å². The molecule has 1 atom stereocenters. The maximum absolute atomic E-state index is 13.3. The van der Waals surface area contributed by atoms with Crippen LogP contribution in [0.5, 0.6) is 0 Å². The average Bonchev–Trinajstić information content (AvgIpc) is 2.81. The zero-order valence-electron chi connectivity index (χ0n) is 9.27. The van der Waals surface area contributed by atoms with Gasteiger partial charge in [-0.1, -0.05) is 23.7 Å². The quantitative estimate of drug-likeness (QED) is 0.915. The maximum atomic E-state index is 13.3. The molecule has 0 fully saturated rings. The van der Waals surface area contributed by atoms with Gasteiger partial charge >= 0.3 is 0 Å². The molecule has 2 N–H and O–H groups in total. The zero-order chi connectivity index (χ0) is 12.4. The SMILES string of the molecule is CCC(N)c1cn(-c2ccc(Cl)c(F)c2)nn1. The summed E-state index contributed by atoms with van der Waals surface area (Å²) in [7, 11) is 0. The topological polar surface area (TPSA) is 56.7 Å². The summed E-state index contributed by atoms with van der Waals surface area (Å²) in [4.78, 5) is 0. The van der Waals surface area contributed by atoms with E-state index in [-0.39, 0.29) is 11.1 Å². The molecule has 0 spiro atoms. The molecule has 0 aliphatic carbocycles. The normalized spacial score (nSPS) is 12.7. The molecule has 6 heteroatoms. The smallest absolute Gasteiger partial charge is 0.143 e. The molecule has 1 aromatic heterocycles. The zero-order valence-corrected chi connectivity index (χ0v) is 10.0. The Morgan fingerprint density at radius 2 is 2.29 bits per heavy atom. The van der Waals surface area contributed by atoms with Crippen molar-refractivity contribution in [2.75, 3.05) is 0 Å². The van der Waals surface area contributed by atoms with Crippen LogP contribution in [0.15, 0.2) is 24.4 Å². The van der Waals surface area contributed by atoms with Gasteiger partial charge in [0.1, 0.15) is 5.82 Å². The summed E-state index contributed by atoms with van der Waals surface area (Å²) in [5.74, 6) is -0.485. The molecule has 4 nitrogen and oxygen atoms in total. The van der Waals surface area contributed by atoms with E-state index in [0.717, 1.165) is 6.42 Å². The second-order valence-electron chi connectivity index (χ2n) is 3.70. The van der Waals surface area contributed by atoms with E-state index in [1.54, 1.807) is 12.3 Å². The van der Waals surface area contributed by atoms with Crippen molar-refractivity contribution in [1.29, 1.82) is 0 Å². The van der Waals surface area contributed by atoms with Crippen LogP contribution >= 0.6 is 11.6 Å². The van der Waals surface area contributed by atoms with Gasteiger partial charge in [-0.3, -0.25) is 0 Å². The van der Waals surface area contributed by atoms with Gasteiger partial charge in [-0.15, -0.1) is 5.10 Å². The number of benzene rings is 1. The van der Waals surface area contributed by atoms with E-state index in [1.165, 1.54) is 16.8 Å². The Labute approximate surface area is 103 Å². The third-order valence-electron chi connectivity index (χ3n) is 2.50. The van der Waals surface area contributed by atoms with Gasteiger partial charge in [0.2, 0.25) is 0 Å². The van der Waals surface area contributed by atoms with Crippen molar-refractivity contribution in [3.63, 3.8) is 0 Å². The van der Waals surface area contributed by atoms with E-state index in [2.05, 4.69) is 10.3 Å². The van der Waals surface area contributed by atoms with Crippen LogP contribution in [0, 0.1) is 5.82 Å². The number of nitrogens with zero attached hydrogens (tertiary/aromatic N) is 3. The monoisotopic (exact) mass is 254 g/mol. The first kappa shape index (κ1) is 12.0. The van der Waals surface area contributed by atoms with Crippen molar-refractivity contribution in [1.82, 2.24) is 15.0 Å². The molecule has 1 aromatic carbocycles. The molecule has 0 radical (unpaired) electrons. The lowest BCUT2D eigenvalue weighted by Gasteiger charge is -2.02. The van der Waals surface area contributed by atoms with Gasteiger partial charge in [-0.25, -0.2) is 9.07 Å². The molecule has 1 heterocycles. The largest absolute Gasteiger partial charge is 0.323 e. The molecule has 0 aliphatic heterocycles. The predicted octanol–water partition coefficient (Wildman–Crippen LogP) is 2.47. The number of hydrogen-bond acceptors (Lipinski definition) is 3. The van der Waals surface area contributed by atoms with Gasteiger partial charge in [0.05, 0.1) is 28.6 Å². The van der Waals surface area contributed by atoms with E-state index in [0.29, 0.717) is 11.4 Å². The lowest BCUT2D eigenvalue weighted by molar-refractivity contribution is 0.625. The van der Waals surface area contributed by atoms with E-state index in [4.69, 9.17) is 17.3 Å². The minimum Gasteiger partial charge on any atom is -0.323 e. The standard InChI is InChI=1S/C11H12ClFN4/c1-2-10(14)11-6-17(16-15-11)7-3-4-8(12)9(13)5-7/h3-6,10H,2,14H2,1H3. The van der Waals surface area contributed by atoms with Crippen molar-refractivity contribution in [3.8, 4) is 5.69 Å². The Morgan fingerprint density at radius 1 is 1.53 bits per heavy atom. The molecule has 2 rings (SSSR count). The minimum absolute atomic E-state index is 0.0827. The first-order valence-corrected chi connectivity index (χ1v) is 5.63. The Hall–Kier alpha value is -1.46. The fourth-order valence-corrected chi connectivity index (χ4v) is 1.53. The fraction of sp³-hybridized carbons (Fsp3) is 0.273. The second kappa shape index (κ2) is 4.81. The van der Waals surface area contributed by atoms with Gasteiger partial charge in [0.25, 0.3) is 0 Å². The Morgan fingerprint density at radius 3 is 2.94 bits per heavy atom. The molecule has 0 amide bonds. The first-order valence-electron chi connectivity index (χ1n) is 5.25. The molecule has 0 bridgehead atoms. The first-order chi connectivity index (χ1) is 8.11. The number of hydrogen-bond donors (Lipinski definition) is 1. The van der Waals surface area contributed by atoms with Crippen LogP contribution < -0.4 is 5.73 Å². The molecular weight excluding hydrogens is 243 g/mol. The van der Waals surface area contributed by atoms with E-state index in [1.807, 2.05) is 6.92 Å². The van der Waals surface area contributed by atoms with Crippen LogP contribution in [-0.2, 0) is 0 Å². The van der Waals surface area contributed by atoms with Crippen molar-refractivity contribution in [2.45, 2.75) is 19.4 Å². The molecule has 17 heavy (non-hydrogen) atoms. The Bertz CT molecular complexity index is 526. The van der Waals surface area contributed by atoms with Gasteiger partial charge in [0.15, 0.2) is 0 Å². The molecule has 2 aromatic rings. The van der Waals surface area contributed by atoms with Crippen LogP contribution in [0.1, 0.15) is 25.1 Å². The van der Waals surface area contributed by atoms with Gasteiger partial charge in [-0.2, -0.15) is 0 Å². The van der Waals surface area contributed by atoms with E-state index >= 15 is 0 Å². The highest BCUT2D eigenvalue weighted by Crippen LogP contribution is 2.18. The van der Waals surface area contributed by atoms with Crippen molar-refractivity contribution in [2.24, 2.45) is 5.73 Å². The molecule has 0 saturated carbocycles. The molecule has 0 saturated heterocycles. The summed E-state index contributed by atoms with van der Waals surface area (Å²) < 4.78 is 14.8. The summed E-state index contributed by atoms with van der Waals surface area (Å²) in [5, 5.41) is 7.93. The number of halogens is 2. The molecule has 90 valence electrons. The van der Waals surface area contributed by atoms with Gasteiger partial charge in [0, 0.05) is 6.07 Å². The van der Waals surface area contributed by atoms with Crippen LogP contribution in [0.4, 0.5) is 4.39 Å². The summed E-state index contributed by atoms with van der Waals surface area (Å²) in [5.41, 5.74) is 7.08. The molecule has 1 unspecified atom stereocenters. The fourth-order valence-electron chi connectivity index (χ4n) is 1.41. The Kier molecular flexibility index (Phi) is 3.40. The van der Waals surface area contributed by atoms with Crippen LogP contribution in [-0.4, -0.2) is 15.0 Å². The Balaban J connectivity index is 2.33. The average molecular weight is 255 g/mol. The van der Waals surface area contributed by atoms with Gasteiger partial charge < -0.3 is 5.73 Å². The summed E-state index contributed by atoms with van der Waals surface area (Å²) >= 11 is 5.61. The second-order valence-corrected chi connectivity index (χ2v) is 4.11. The van der Waals surface area contributed by atoms with Crippen molar-refractivity contribution >= 4 is 11.6 Å². The molecule has 0 aliphatic rings. The van der Waals surface area contributed by atoms with E-state index < -0.39 is 5.82 Å². The highest BCUT2D eigenvalue weighted by molar-refractivity contribution is 6.30. The van der Waals surface area contributed by atoms with Crippen LogP contribution in [0.25, 0.3) is 5.69 Å². The lowest BCUT2D eigenvalue weighted by Crippen LogP contribution is -2.08. The highest BCUT2D eigenvalue weighted by atomic mass is 35.5. The summed E-state index contributed by atoms with van der Waals surface area (Å²) in [6.45, 7) is 1.96.